The van der Waals surface area contributed by atoms with Crippen LogP contribution >= 0.6 is 0 Å². The molecule has 1 heterocycles. The molecule has 4 heteroatoms. The Morgan fingerprint density at radius 2 is 1.83 bits per heavy atom. The van der Waals surface area contributed by atoms with E-state index in [1.54, 1.807) is 0 Å². The molecule has 1 saturated carbocycles. The molecule has 4 nitrogen and oxygen atoms in total. The van der Waals surface area contributed by atoms with Gasteiger partial charge in [-0.25, -0.2) is 0 Å². The van der Waals surface area contributed by atoms with Crippen LogP contribution in [0.25, 0.3) is 11.3 Å². The number of nitrogens with zero attached hydrogens (tertiary/aromatic N) is 2. The van der Waals surface area contributed by atoms with Gasteiger partial charge in [0.05, 0.1) is 11.1 Å². The number of benzene rings is 1. The Kier molecular flexibility index (Phi) is 4.51. The van der Waals surface area contributed by atoms with Crippen LogP contribution in [-0.4, -0.2) is 29.1 Å². The first-order valence-corrected chi connectivity index (χ1v) is 8.53. The maximum absolute atomic E-state index is 13.0. The molecule has 1 aromatic carbocycles. The van der Waals surface area contributed by atoms with Gasteiger partial charge < -0.3 is 9.42 Å². The van der Waals surface area contributed by atoms with Crippen LogP contribution in [0.3, 0.4) is 0 Å². The fourth-order valence-corrected chi connectivity index (χ4v) is 3.10. The van der Waals surface area contributed by atoms with E-state index in [-0.39, 0.29) is 5.91 Å². The van der Waals surface area contributed by atoms with E-state index >= 15 is 0 Å². The minimum Gasteiger partial charge on any atom is -0.356 e. The van der Waals surface area contributed by atoms with Crippen molar-refractivity contribution in [2.75, 3.05) is 13.1 Å². The predicted octanol–water partition coefficient (Wildman–Crippen LogP) is 4.02. The molecule has 1 fully saturated rings. The van der Waals surface area contributed by atoms with E-state index in [1.807, 2.05) is 41.3 Å². The van der Waals surface area contributed by atoms with Crippen LogP contribution in [0.4, 0.5) is 0 Å². The summed E-state index contributed by atoms with van der Waals surface area (Å²) in [6, 6.07) is 11.8. The Balaban J connectivity index is 1.83. The molecule has 0 bridgehead atoms. The van der Waals surface area contributed by atoms with Gasteiger partial charge in [-0.1, -0.05) is 49.3 Å². The third-order valence-corrected chi connectivity index (χ3v) is 4.49. The van der Waals surface area contributed by atoms with Crippen LogP contribution in [0, 0.1) is 0 Å². The van der Waals surface area contributed by atoms with Gasteiger partial charge in [0.1, 0.15) is 0 Å². The molecule has 1 aliphatic rings. The number of aromatic nitrogens is 1. The SMILES string of the molecule is CCCN(CCC)C(=O)C1(c2cc(-c3ccccc3)on2)CC1. The highest BCUT2D eigenvalue weighted by Crippen LogP contribution is 2.49. The zero-order chi connectivity index (χ0) is 16.3. The fraction of sp³-hybridized carbons (Fsp3) is 0.474. The van der Waals surface area contributed by atoms with Gasteiger partial charge in [0.25, 0.3) is 0 Å². The maximum atomic E-state index is 13.0. The van der Waals surface area contributed by atoms with Gasteiger partial charge >= 0.3 is 0 Å². The summed E-state index contributed by atoms with van der Waals surface area (Å²) in [6.45, 7) is 5.86. The number of amides is 1. The Bertz CT molecular complexity index is 653. The standard InChI is InChI=1S/C19H24N2O2/c1-3-12-21(13-4-2)18(22)19(10-11-19)17-14-16(23-20-17)15-8-6-5-7-9-15/h5-9,14H,3-4,10-13H2,1-2H3. The van der Waals surface area contributed by atoms with Crippen LogP contribution in [0.15, 0.2) is 40.9 Å². The van der Waals surface area contributed by atoms with Gasteiger partial charge in [-0.3, -0.25) is 4.79 Å². The molecule has 0 atom stereocenters. The minimum atomic E-state index is -0.444. The van der Waals surface area contributed by atoms with Crippen LogP contribution in [0.5, 0.6) is 0 Å². The number of hydrogen-bond acceptors (Lipinski definition) is 3. The molecule has 2 aromatic rings. The van der Waals surface area contributed by atoms with E-state index < -0.39 is 5.41 Å². The second-order valence-corrected chi connectivity index (χ2v) is 6.32. The first kappa shape index (κ1) is 15.8. The Labute approximate surface area is 137 Å². The normalized spacial score (nSPS) is 15.4. The lowest BCUT2D eigenvalue weighted by Gasteiger charge is -2.25. The minimum absolute atomic E-state index is 0.217. The molecule has 3 rings (SSSR count). The van der Waals surface area contributed by atoms with E-state index in [2.05, 4.69) is 19.0 Å². The molecular formula is C19H24N2O2. The van der Waals surface area contributed by atoms with Crippen molar-refractivity contribution in [1.82, 2.24) is 10.1 Å². The monoisotopic (exact) mass is 312 g/mol. The van der Waals surface area contributed by atoms with Crippen LogP contribution < -0.4 is 0 Å². The molecule has 1 aliphatic carbocycles. The maximum Gasteiger partial charge on any atom is 0.234 e. The van der Waals surface area contributed by atoms with E-state index in [0.717, 1.165) is 55.8 Å². The first-order valence-electron chi connectivity index (χ1n) is 8.53. The van der Waals surface area contributed by atoms with Gasteiger partial charge in [-0.05, 0) is 25.7 Å². The van der Waals surface area contributed by atoms with E-state index in [9.17, 15) is 4.79 Å². The van der Waals surface area contributed by atoms with Gasteiger partial charge in [-0.15, -0.1) is 0 Å². The molecule has 0 N–H and O–H groups in total. The zero-order valence-electron chi connectivity index (χ0n) is 13.9. The average molecular weight is 312 g/mol. The van der Waals surface area contributed by atoms with Crippen molar-refractivity contribution in [2.24, 2.45) is 0 Å². The third-order valence-electron chi connectivity index (χ3n) is 4.49. The molecule has 1 amide bonds. The Hall–Kier alpha value is -2.10. The topological polar surface area (TPSA) is 46.3 Å². The Morgan fingerprint density at radius 3 is 2.39 bits per heavy atom. The van der Waals surface area contributed by atoms with E-state index in [0.29, 0.717) is 0 Å². The predicted molar refractivity (Wildman–Crippen MR) is 90.0 cm³/mol. The molecule has 1 aromatic heterocycles. The van der Waals surface area contributed by atoms with Gasteiger partial charge in [-0.2, -0.15) is 0 Å². The average Bonchev–Trinajstić information content (AvgIpc) is 3.24. The summed E-state index contributed by atoms with van der Waals surface area (Å²) in [7, 11) is 0. The first-order chi connectivity index (χ1) is 11.2. The largest absolute Gasteiger partial charge is 0.356 e. The van der Waals surface area contributed by atoms with Crippen molar-refractivity contribution in [3.63, 3.8) is 0 Å². The van der Waals surface area contributed by atoms with E-state index in [1.165, 1.54) is 0 Å². The number of hydrogen-bond donors (Lipinski definition) is 0. The summed E-state index contributed by atoms with van der Waals surface area (Å²) >= 11 is 0. The molecule has 0 spiro atoms. The van der Waals surface area contributed by atoms with Crippen molar-refractivity contribution < 1.29 is 9.32 Å². The molecule has 0 radical (unpaired) electrons. The fourth-order valence-electron chi connectivity index (χ4n) is 3.10. The smallest absolute Gasteiger partial charge is 0.234 e. The second kappa shape index (κ2) is 6.57. The summed E-state index contributed by atoms with van der Waals surface area (Å²) < 4.78 is 5.51. The van der Waals surface area contributed by atoms with Gasteiger partial charge in [0.2, 0.25) is 5.91 Å². The third kappa shape index (κ3) is 3.03. The quantitative estimate of drug-likeness (QED) is 0.775. The molecular weight excluding hydrogens is 288 g/mol. The van der Waals surface area contributed by atoms with Crippen molar-refractivity contribution in [1.29, 1.82) is 0 Å². The van der Waals surface area contributed by atoms with Gasteiger partial charge in [0.15, 0.2) is 5.76 Å². The molecule has 23 heavy (non-hydrogen) atoms. The highest BCUT2D eigenvalue weighted by molar-refractivity contribution is 5.91. The number of carbonyl (C=O) groups is 1. The van der Waals surface area contributed by atoms with Crippen molar-refractivity contribution in [3.8, 4) is 11.3 Å². The number of rotatable bonds is 7. The molecule has 122 valence electrons. The lowest BCUT2D eigenvalue weighted by atomic mass is 9.99. The zero-order valence-corrected chi connectivity index (χ0v) is 13.9. The highest BCUT2D eigenvalue weighted by Gasteiger charge is 2.55. The van der Waals surface area contributed by atoms with Crippen molar-refractivity contribution in [2.45, 2.75) is 44.9 Å². The number of carbonyl (C=O) groups excluding carboxylic acids is 1. The summed E-state index contributed by atoms with van der Waals surface area (Å²) in [5.41, 5.74) is 1.34. The molecule has 0 aliphatic heterocycles. The highest BCUT2D eigenvalue weighted by atomic mass is 16.5. The lowest BCUT2D eigenvalue weighted by Crippen LogP contribution is -2.40. The van der Waals surface area contributed by atoms with Crippen LogP contribution in [-0.2, 0) is 10.2 Å². The van der Waals surface area contributed by atoms with Crippen LogP contribution in [0.1, 0.15) is 45.2 Å². The van der Waals surface area contributed by atoms with Crippen LogP contribution in [0.2, 0.25) is 0 Å². The second-order valence-electron chi connectivity index (χ2n) is 6.32. The lowest BCUT2D eigenvalue weighted by molar-refractivity contribution is -0.134. The molecule has 0 unspecified atom stereocenters. The van der Waals surface area contributed by atoms with Gasteiger partial charge in [0, 0.05) is 24.7 Å². The Morgan fingerprint density at radius 1 is 1.17 bits per heavy atom. The summed E-state index contributed by atoms with van der Waals surface area (Å²) in [4.78, 5) is 15.0. The summed E-state index contributed by atoms with van der Waals surface area (Å²) in [5.74, 6) is 0.950. The van der Waals surface area contributed by atoms with Crippen molar-refractivity contribution >= 4 is 5.91 Å². The molecule has 0 saturated heterocycles. The van der Waals surface area contributed by atoms with Crippen molar-refractivity contribution in [3.05, 3.63) is 42.1 Å². The van der Waals surface area contributed by atoms with E-state index in [4.69, 9.17) is 4.52 Å². The summed E-state index contributed by atoms with van der Waals surface area (Å²) in [6.07, 6.45) is 3.71. The summed E-state index contributed by atoms with van der Waals surface area (Å²) in [5, 5.41) is 4.23.